The summed E-state index contributed by atoms with van der Waals surface area (Å²) >= 11 is 0. The highest BCUT2D eigenvalue weighted by atomic mass is 16.6. The molecule has 0 bridgehead atoms. The molecule has 0 radical (unpaired) electrons. The van der Waals surface area contributed by atoms with Crippen LogP contribution in [0, 0.1) is 5.92 Å². The number of nitrogens with zero attached hydrogens (tertiary/aromatic N) is 1. The average Bonchev–Trinajstić information content (AvgIpc) is 2.37. The second-order valence-corrected chi connectivity index (χ2v) is 4.87. The highest BCUT2D eigenvalue weighted by molar-refractivity contribution is 5.70. The number of piperidine rings is 1. The van der Waals surface area contributed by atoms with Crippen molar-refractivity contribution >= 4 is 12.1 Å². The van der Waals surface area contributed by atoms with Gasteiger partial charge in [0.1, 0.15) is 6.61 Å². The minimum atomic E-state index is -0.648. The lowest BCUT2D eigenvalue weighted by Gasteiger charge is -2.30. The van der Waals surface area contributed by atoms with Crippen LogP contribution in [0.1, 0.15) is 33.1 Å². The third kappa shape index (κ3) is 5.92. The minimum absolute atomic E-state index is 0.0155. The van der Waals surface area contributed by atoms with E-state index in [1.807, 2.05) is 0 Å². The monoisotopic (exact) mass is 273 g/mol. The lowest BCUT2D eigenvalue weighted by atomic mass is 9.94. The first-order chi connectivity index (χ1) is 9.02. The Kier molecular flexibility index (Phi) is 6.62. The number of amides is 1. The Hall–Kier alpha value is -1.30. The van der Waals surface area contributed by atoms with Crippen molar-refractivity contribution in [3.8, 4) is 0 Å². The standard InChI is InChI=1S/C13H23NO5/c1-3-18-12(16)8-11-4-6-14(7-5-11)13(17)19-9-10(2)15/h10-11,15H,3-9H2,1-2H3. The van der Waals surface area contributed by atoms with Gasteiger partial charge in [0.25, 0.3) is 0 Å². The van der Waals surface area contributed by atoms with Crippen LogP contribution in [0.3, 0.4) is 0 Å². The molecule has 1 unspecified atom stereocenters. The van der Waals surface area contributed by atoms with Crippen molar-refractivity contribution in [3.63, 3.8) is 0 Å². The zero-order valence-corrected chi connectivity index (χ0v) is 11.6. The quantitative estimate of drug-likeness (QED) is 0.761. The van der Waals surface area contributed by atoms with Crippen LogP contribution < -0.4 is 0 Å². The molecule has 1 heterocycles. The van der Waals surface area contributed by atoms with Gasteiger partial charge in [-0.1, -0.05) is 0 Å². The molecule has 6 nitrogen and oxygen atoms in total. The molecule has 1 saturated heterocycles. The molecule has 0 aromatic heterocycles. The summed E-state index contributed by atoms with van der Waals surface area (Å²) in [6.45, 7) is 4.95. The summed E-state index contributed by atoms with van der Waals surface area (Å²) in [4.78, 5) is 24.6. The van der Waals surface area contributed by atoms with E-state index in [0.717, 1.165) is 12.8 Å². The molecule has 0 aromatic rings. The molecule has 1 amide bonds. The van der Waals surface area contributed by atoms with Crippen molar-refractivity contribution in [1.29, 1.82) is 0 Å². The van der Waals surface area contributed by atoms with Gasteiger partial charge in [-0.25, -0.2) is 4.79 Å². The molecule has 6 heteroatoms. The number of aliphatic hydroxyl groups is 1. The van der Waals surface area contributed by atoms with Gasteiger partial charge >= 0.3 is 12.1 Å². The van der Waals surface area contributed by atoms with Gasteiger partial charge in [0.15, 0.2) is 0 Å². The molecule has 1 atom stereocenters. The van der Waals surface area contributed by atoms with Crippen LogP contribution in [-0.2, 0) is 14.3 Å². The maximum absolute atomic E-state index is 11.6. The molecule has 1 rings (SSSR count). The van der Waals surface area contributed by atoms with Crippen LogP contribution in [0.15, 0.2) is 0 Å². The van der Waals surface area contributed by atoms with E-state index >= 15 is 0 Å². The normalized spacial score (nSPS) is 17.9. The maximum atomic E-state index is 11.6. The number of hydrogen-bond donors (Lipinski definition) is 1. The second kappa shape index (κ2) is 7.99. The summed E-state index contributed by atoms with van der Waals surface area (Å²) in [6.07, 6.45) is 0.941. The molecule has 0 aliphatic carbocycles. The molecule has 1 aliphatic rings. The molecule has 0 spiro atoms. The maximum Gasteiger partial charge on any atom is 0.409 e. The molecule has 19 heavy (non-hydrogen) atoms. The Labute approximate surface area is 113 Å². The van der Waals surface area contributed by atoms with E-state index in [9.17, 15) is 9.59 Å². The fraction of sp³-hybridized carbons (Fsp3) is 0.846. The van der Waals surface area contributed by atoms with Gasteiger partial charge in [0.05, 0.1) is 12.7 Å². The third-order valence-electron chi connectivity index (χ3n) is 3.08. The third-order valence-corrected chi connectivity index (χ3v) is 3.08. The Morgan fingerprint density at radius 2 is 1.95 bits per heavy atom. The first kappa shape index (κ1) is 15.8. The highest BCUT2D eigenvalue weighted by Gasteiger charge is 2.25. The van der Waals surface area contributed by atoms with Crippen LogP contribution in [0.2, 0.25) is 0 Å². The first-order valence-corrected chi connectivity index (χ1v) is 6.78. The molecule has 110 valence electrons. The zero-order valence-electron chi connectivity index (χ0n) is 11.6. The Bertz CT molecular complexity index is 297. The number of rotatable bonds is 5. The van der Waals surface area contributed by atoms with Gasteiger partial charge in [-0.3, -0.25) is 4.79 Å². The molecule has 0 saturated carbocycles. The summed E-state index contributed by atoms with van der Waals surface area (Å²) < 4.78 is 9.86. The molecule has 0 aromatic carbocycles. The number of carbonyl (C=O) groups excluding carboxylic acids is 2. The number of carbonyl (C=O) groups is 2. The van der Waals surface area contributed by atoms with Gasteiger partial charge < -0.3 is 19.5 Å². The molecule has 1 aliphatic heterocycles. The Balaban J connectivity index is 2.24. The second-order valence-electron chi connectivity index (χ2n) is 4.87. The average molecular weight is 273 g/mol. The summed E-state index contributed by atoms with van der Waals surface area (Å²) in [7, 11) is 0. The number of ether oxygens (including phenoxy) is 2. The van der Waals surface area contributed by atoms with Gasteiger partial charge in [-0.15, -0.1) is 0 Å². The van der Waals surface area contributed by atoms with Crippen molar-refractivity contribution in [1.82, 2.24) is 4.90 Å². The van der Waals surface area contributed by atoms with E-state index in [4.69, 9.17) is 14.6 Å². The van der Waals surface area contributed by atoms with E-state index in [1.165, 1.54) is 0 Å². The van der Waals surface area contributed by atoms with E-state index < -0.39 is 12.2 Å². The smallest absolute Gasteiger partial charge is 0.409 e. The number of hydrogen-bond acceptors (Lipinski definition) is 5. The molecule has 1 fully saturated rings. The highest BCUT2D eigenvalue weighted by Crippen LogP contribution is 2.21. The van der Waals surface area contributed by atoms with Gasteiger partial charge in [0, 0.05) is 19.5 Å². The summed E-state index contributed by atoms with van der Waals surface area (Å²) in [5.41, 5.74) is 0. The fourth-order valence-electron chi connectivity index (χ4n) is 2.06. The molecular weight excluding hydrogens is 250 g/mol. The lowest BCUT2D eigenvalue weighted by molar-refractivity contribution is -0.144. The summed E-state index contributed by atoms with van der Waals surface area (Å²) in [6, 6.07) is 0. The largest absolute Gasteiger partial charge is 0.466 e. The first-order valence-electron chi connectivity index (χ1n) is 6.78. The van der Waals surface area contributed by atoms with Crippen molar-refractivity contribution < 1.29 is 24.2 Å². The van der Waals surface area contributed by atoms with E-state index in [-0.39, 0.29) is 18.5 Å². The topological polar surface area (TPSA) is 76.1 Å². The number of esters is 1. The fourth-order valence-corrected chi connectivity index (χ4v) is 2.06. The van der Waals surface area contributed by atoms with Crippen molar-refractivity contribution in [2.75, 3.05) is 26.3 Å². The predicted molar refractivity (Wildman–Crippen MR) is 68.6 cm³/mol. The van der Waals surface area contributed by atoms with Crippen molar-refractivity contribution in [2.45, 2.75) is 39.2 Å². The van der Waals surface area contributed by atoms with Crippen molar-refractivity contribution in [2.24, 2.45) is 5.92 Å². The minimum Gasteiger partial charge on any atom is -0.466 e. The van der Waals surface area contributed by atoms with E-state index in [2.05, 4.69) is 0 Å². The zero-order chi connectivity index (χ0) is 14.3. The van der Waals surface area contributed by atoms with Gasteiger partial charge in [-0.2, -0.15) is 0 Å². The van der Waals surface area contributed by atoms with Gasteiger partial charge in [-0.05, 0) is 32.6 Å². The summed E-state index contributed by atoms with van der Waals surface area (Å²) in [5, 5.41) is 9.04. The van der Waals surface area contributed by atoms with Crippen LogP contribution in [-0.4, -0.2) is 54.5 Å². The molecular formula is C13H23NO5. The number of likely N-dealkylation sites (tertiary alicyclic amines) is 1. The SMILES string of the molecule is CCOC(=O)CC1CCN(C(=O)OCC(C)O)CC1. The molecule has 1 N–H and O–H groups in total. The summed E-state index contributed by atoms with van der Waals surface area (Å²) in [5.74, 6) is 0.109. The van der Waals surface area contributed by atoms with Gasteiger partial charge in [0.2, 0.25) is 0 Å². The van der Waals surface area contributed by atoms with Crippen LogP contribution in [0.4, 0.5) is 4.79 Å². The van der Waals surface area contributed by atoms with E-state index in [1.54, 1.807) is 18.7 Å². The Morgan fingerprint density at radius 3 is 2.47 bits per heavy atom. The van der Waals surface area contributed by atoms with Crippen LogP contribution in [0.25, 0.3) is 0 Å². The van der Waals surface area contributed by atoms with Crippen LogP contribution >= 0.6 is 0 Å². The van der Waals surface area contributed by atoms with Crippen LogP contribution in [0.5, 0.6) is 0 Å². The Morgan fingerprint density at radius 1 is 1.32 bits per heavy atom. The van der Waals surface area contributed by atoms with E-state index in [0.29, 0.717) is 26.1 Å². The lowest BCUT2D eigenvalue weighted by Crippen LogP contribution is -2.40. The predicted octanol–water partition coefficient (Wildman–Crippen LogP) is 1.17. The number of aliphatic hydroxyl groups excluding tert-OH is 1. The van der Waals surface area contributed by atoms with Crippen molar-refractivity contribution in [3.05, 3.63) is 0 Å².